The van der Waals surface area contributed by atoms with Gasteiger partial charge in [-0.15, -0.1) is 0 Å². The van der Waals surface area contributed by atoms with Gasteiger partial charge in [-0.3, -0.25) is 4.79 Å². The highest BCUT2D eigenvalue weighted by Crippen LogP contribution is 2.28. The van der Waals surface area contributed by atoms with Crippen molar-refractivity contribution < 1.29 is 4.79 Å². The molecule has 2 N–H and O–H groups in total. The molecule has 3 heteroatoms. The van der Waals surface area contributed by atoms with E-state index < -0.39 is 0 Å². The van der Waals surface area contributed by atoms with Crippen molar-refractivity contribution in [1.29, 1.82) is 0 Å². The van der Waals surface area contributed by atoms with Gasteiger partial charge in [-0.2, -0.15) is 0 Å². The van der Waals surface area contributed by atoms with Crippen LogP contribution in [0, 0.1) is 5.92 Å². The lowest BCUT2D eigenvalue weighted by atomic mass is 9.96. The smallest absolute Gasteiger partial charge is 0.247 e. The molecule has 1 aliphatic rings. The summed E-state index contributed by atoms with van der Waals surface area (Å²) in [6.45, 7) is 4.19. The zero-order valence-corrected chi connectivity index (χ0v) is 9.08. The second-order valence-corrected chi connectivity index (χ2v) is 4.04. The first kappa shape index (κ1) is 10.0. The molecule has 0 spiro atoms. The van der Waals surface area contributed by atoms with Gasteiger partial charge >= 0.3 is 0 Å². The van der Waals surface area contributed by atoms with Crippen LogP contribution in [0.15, 0.2) is 24.3 Å². The molecule has 15 heavy (non-hydrogen) atoms. The first-order valence-electron chi connectivity index (χ1n) is 5.38. The van der Waals surface area contributed by atoms with Crippen molar-refractivity contribution in [2.75, 3.05) is 10.6 Å². The minimum absolute atomic E-state index is 0.0723. The van der Waals surface area contributed by atoms with Crippen molar-refractivity contribution >= 4 is 17.3 Å². The first-order chi connectivity index (χ1) is 7.22. The zero-order chi connectivity index (χ0) is 10.8. The minimum Gasteiger partial charge on any atom is -0.372 e. The highest BCUT2D eigenvalue weighted by atomic mass is 16.2. The van der Waals surface area contributed by atoms with Crippen molar-refractivity contribution in [3.05, 3.63) is 24.3 Å². The molecule has 3 nitrogen and oxygen atoms in total. The Kier molecular flexibility index (Phi) is 2.62. The van der Waals surface area contributed by atoms with E-state index in [0.29, 0.717) is 5.92 Å². The van der Waals surface area contributed by atoms with Crippen LogP contribution in [0.4, 0.5) is 11.4 Å². The van der Waals surface area contributed by atoms with Crippen LogP contribution in [0.2, 0.25) is 0 Å². The highest BCUT2D eigenvalue weighted by molar-refractivity contribution is 6.03. The van der Waals surface area contributed by atoms with Gasteiger partial charge in [0.25, 0.3) is 0 Å². The molecular weight excluding hydrogens is 188 g/mol. The highest BCUT2D eigenvalue weighted by Gasteiger charge is 2.28. The van der Waals surface area contributed by atoms with E-state index >= 15 is 0 Å². The van der Waals surface area contributed by atoms with Gasteiger partial charge < -0.3 is 10.6 Å². The summed E-state index contributed by atoms with van der Waals surface area (Å²) in [5, 5.41) is 6.21. The third kappa shape index (κ3) is 1.82. The molecule has 2 atom stereocenters. The van der Waals surface area contributed by atoms with Crippen LogP contribution in [0.1, 0.15) is 20.3 Å². The molecule has 1 heterocycles. The summed E-state index contributed by atoms with van der Waals surface area (Å²) >= 11 is 0. The molecule has 1 aromatic carbocycles. The summed E-state index contributed by atoms with van der Waals surface area (Å²) < 4.78 is 0. The van der Waals surface area contributed by atoms with Gasteiger partial charge in [0.2, 0.25) is 5.91 Å². The summed E-state index contributed by atoms with van der Waals surface area (Å²) in [6.07, 6.45) is 0.993. The Hall–Kier alpha value is -1.51. The Labute approximate surface area is 89.9 Å². The van der Waals surface area contributed by atoms with Crippen LogP contribution in [0.5, 0.6) is 0 Å². The third-order valence-corrected chi connectivity index (χ3v) is 2.99. The summed E-state index contributed by atoms with van der Waals surface area (Å²) in [5.74, 6) is 0.418. The van der Waals surface area contributed by atoms with Gasteiger partial charge in [0, 0.05) is 0 Å². The normalized spacial score (nSPS) is 21.2. The molecule has 0 fully saturated rings. The van der Waals surface area contributed by atoms with E-state index in [4.69, 9.17) is 0 Å². The Morgan fingerprint density at radius 1 is 1.33 bits per heavy atom. The van der Waals surface area contributed by atoms with Crippen molar-refractivity contribution in [3.8, 4) is 0 Å². The van der Waals surface area contributed by atoms with E-state index in [1.54, 1.807) is 0 Å². The van der Waals surface area contributed by atoms with Gasteiger partial charge in [-0.25, -0.2) is 0 Å². The number of benzene rings is 1. The number of fused-ring (bicyclic) bond motifs is 1. The number of amides is 1. The lowest BCUT2D eigenvalue weighted by Crippen LogP contribution is -2.43. The Balaban J connectivity index is 2.26. The van der Waals surface area contributed by atoms with Gasteiger partial charge in [0.05, 0.1) is 11.4 Å². The molecule has 2 rings (SSSR count). The van der Waals surface area contributed by atoms with E-state index in [1.807, 2.05) is 24.3 Å². The lowest BCUT2D eigenvalue weighted by Gasteiger charge is -2.30. The van der Waals surface area contributed by atoms with Crippen molar-refractivity contribution in [2.45, 2.75) is 26.3 Å². The molecule has 0 aliphatic carbocycles. The predicted octanol–water partition coefficient (Wildman–Crippen LogP) is 2.47. The monoisotopic (exact) mass is 204 g/mol. The summed E-state index contributed by atoms with van der Waals surface area (Å²) in [7, 11) is 0. The van der Waals surface area contributed by atoms with Crippen molar-refractivity contribution in [2.24, 2.45) is 5.92 Å². The molecule has 1 aliphatic heterocycles. The van der Waals surface area contributed by atoms with Gasteiger partial charge in [0.15, 0.2) is 0 Å². The van der Waals surface area contributed by atoms with E-state index in [0.717, 1.165) is 17.8 Å². The number of para-hydroxylation sites is 2. The summed E-state index contributed by atoms with van der Waals surface area (Å²) in [5.41, 5.74) is 1.89. The molecule has 0 saturated heterocycles. The van der Waals surface area contributed by atoms with Crippen molar-refractivity contribution in [3.63, 3.8) is 0 Å². The number of hydrogen-bond acceptors (Lipinski definition) is 2. The standard InChI is InChI=1S/C12H16N2O/c1-3-8(2)11-12(15)14-10-7-5-4-6-9(10)13-11/h4-8,11,13H,3H2,1-2H3,(H,14,15)/t8-,11-/m0/s1. The average Bonchev–Trinajstić information content (AvgIpc) is 2.27. The lowest BCUT2D eigenvalue weighted by molar-refractivity contribution is -0.118. The molecule has 0 aromatic heterocycles. The number of carbonyl (C=O) groups is 1. The molecule has 80 valence electrons. The largest absolute Gasteiger partial charge is 0.372 e. The topological polar surface area (TPSA) is 41.1 Å². The fourth-order valence-electron chi connectivity index (χ4n) is 1.80. The Morgan fingerprint density at radius 3 is 2.67 bits per heavy atom. The number of nitrogens with one attached hydrogen (secondary N) is 2. The van der Waals surface area contributed by atoms with E-state index in [-0.39, 0.29) is 11.9 Å². The van der Waals surface area contributed by atoms with Crippen LogP contribution in [-0.4, -0.2) is 11.9 Å². The Bertz CT molecular complexity index is 376. The maximum atomic E-state index is 11.8. The van der Waals surface area contributed by atoms with E-state index in [2.05, 4.69) is 24.5 Å². The van der Waals surface area contributed by atoms with Crippen LogP contribution in [0.3, 0.4) is 0 Å². The molecule has 0 unspecified atom stereocenters. The summed E-state index contributed by atoms with van der Waals surface area (Å²) in [6, 6.07) is 7.68. The fraction of sp³-hybridized carbons (Fsp3) is 0.417. The van der Waals surface area contributed by atoms with Crippen LogP contribution in [-0.2, 0) is 4.79 Å². The van der Waals surface area contributed by atoms with Crippen LogP contribution < -0.4 is 10.6 Å². The van der Waals surface area contributed by atoms with Crippen LogP contribution >= 0.6 is 0 Å². The number of anilines is 2. The molecule has 1 aromatic rings. The van der Waals surface area contributed by atoms with E-state index in [9.17, 15) is 4.79 Å². The molecular formula is C12H16N2O. The van der Waals surface area contributed by atoms with E-state index in [1.165, 1.54) is 0 Å². The maximum absolute atomic E-state index is 11.8. The fourth-order valence-corrected chi connectivity index (χ4v) is 1.80. The maximum Gasteiger partial charge on any atom is 0.247 e. The third-order valence-electron chi connectivity index (χ3n) is 2.99. The summed E-state index contributed by atoms with van der Waals surface area (Å²) in [4.78, 5) is 11.8. The predicted molar refractivity (Wildman–Crippen MR) is 61.9 cm³/mol. The molecule has 1 amide bonds. The Morgan fingerprint density at radius 2 is 2.00 bits per heavy atom. The second-order valence-electron chi connectivity index (χ2n) is 4.04. The molecule has 0 bridgehead atoms. The second kappa shape index (κ2) is 3.93. The number of carbonyl (C=O) groups excluding carboxylic acids is 1. The zero-order valence-electron chi connectivity index (χ0n) is 9.08. The number of rotatable bonds is 2. The van der Waals surface area contributed by atoms with Gasteiger partial charge in [-0.05, 0) is 18.1 Å². The van der Waals surface area contributed by atoms with Gasteiger partial charge in [0.1, 0.15) is 6.04 Å². The molecule has 0 saturated carbocycles. The minimum atomic E-state index is -0.107. The SMILES string of the molecule is CC[C@H](C)[C@@H]1Nc2ccccc2NC1=O. The average molecular weight is 204 g/mol. The van der Waals surface area contributed by atoms with Crippen LogP contribution in [0.25, 0.3) is 0 Å². The number of hydrogen-bond donors (Lipinski definition) is 2. The first-order valence-corrected chi connectivity index (χ1v) is 5.38. The molecule has 0 radical (unpaired) electrons. The quantitative estimate of drug-likeness (QED) is 0.777. The van der Waals surface area contributed by atoms with Crippen molar-refractivity contribution in [1.82, 2.24) is 0 Å². The van der Waals surface area contributed by atoms with Gasteiger partial charge in [-0.1, -0.05) is 32.4 Å².